The Hall–Kier alpha value is -1.51. The molecule has 0 saturated carbocycles. The van der Waals surface area contributed by atoms with Crippen LogP contribution >= 0.6 is 0 Å². The highest BCUT2D eigenvalue weighted by Crippen LogP contribution is 2.26. The number of aliphatic imine (C=N–C) groups is 1. The van der Waals surface area contributed by atoms with Crippen molar-refractivity contribution in [3.63, 3.8) is 0 Å². The summed E-state index contributed by atoms with van der Waals surface area (Å²) in [7, 11) is 0. The van der Waals surface area contributed by atoms with Crippen molar-refractivity contribution in [3.8, 4) is 0 Å². The van der Waals surface area contributed by atoms with Crippen LogP contribution in [0.1, 0.15) is 12.5 Å². The smallest absolute Gasteiger partial charge is 0.281 e. The molecule has 1 unspecified atom stereocenters. The molecule has 1 aromatic carbocycles. The second-order valence-corrected chi connectivity index (χ2v) is 3.87. The van der Waals surface area contributed by atoms with Gasteiger partial charge in [0.05, 0.1) is 6.54 Å². The Bertz CT molecular complexity index is 348. The van der Waals surface area contributed by atoms with Gasteiger partial charge in [-0.15, -0.1) is 0 Å². The largest absolute Gasteiger partial charge is 0.464 e. The van der Waals surface area contributed by atoms with Crippen LogP contribution in [0.3, 0.4) is 0 Å². The van der Waals surface area contributed by atoms with E-state index in [4.69, 9.17) is 10.5 Å². The van der Waals surface area contributed by atoms with Gasteiger partial charge in [0, 0.05) is 5.41 Å². The molecule has 1 aliphatic heterocycles. The van der Waals surface area contributed by atoms with Crippen LogP contribution in [0.4, 0.5) is 0 Å². The van der Waals surface area contributed by atoms with Gasteiger partial charge in [0.15, 0.2) is 0 Å². The van der Waals surface area contributed by atoms with Gasteiger partial charge in [0.1, 0.15) is 6.61 Å². The maximum Gasteiger partial charge on any atom is 0.281 e. The topological polar surface area (TPSA) is 47.6 Å². The van der Waals surface area contributed by atoms with Crippen LogP contribution in [-0.4, -0.2) is 19.2 Å². The van der Waals surface area contributed by atoms with Crippen molar-refractivity contribution in [1.29, 1.82) is 0 Å². The molecule has 3 heteroatoms. The fraction of sp³-hybridized carbons (Fsp3) is 0.364. The van der Waals surface area contributed by atoms with E-state index in [9.17, 15) is 0 Å². The molecular weight excluding hydrogens is 176 g/mol. The third-order valence-corrected chi connectivity index (χ3v) is 2.59. The molecule has 1 aliphatic rings. The van der Waals surface area contributed by atoms with Crippen LogP contribution in [0.2, 0.25) is 0 Å². The summed E-state index contributed by atoms with van der Waals surface area (Å²) in [5, 5.41) is 0. The molecule has 1 aromatic rings. The Labute approximate surface area is 83.6 Å². The number of ether oxygens (including phenoxy) is 1. The van der Waals surface area contributed by atoms with Gasteiger partial charge in [-0.2, -0.15) is 0 Å². The second kappa shape index (κ2) is 3.33. The maximum atomic E-state index is 5.46. The third-order valence-electron chi connectivity index (χ3n) is 2.59. The zero-order chi connectivity index (χ0) is 10.0. The predicted octanol–water partition coefficient (Wildman–Crippen LogP) is 1.29. The van der Waals surface area contributed by atoms with Crippen LogP contribution in [-0.2, 0) is 10.2 Å². The highest BCUT2D eigenvalue weighted by molar-refractivity contribution is 5.72. The lowest BCUT2D eigenvalue weighted by molar-refractivity contribution is 0.196. The lowest BCUT2D eigenvalue weighted by Crippen LogP contribution is -2.39. The molecule has 0 bridgehead atoms. The van der Waals surface area contributed by atoms with Crippen molar-refractivity contribution in [3.05, 3.63) is 35.9 Å². The Morgan fingerprint density at radius 3 is 2.64 bits per heavy atom. The van der Waals surface area contributed by atoms with Crippen LogP contribution in [0.15, 0.2) is 35.3 Å². The molecule has 14 heavy (non-hydrogen) atoms. The minimum Gasteiger partial charge on any atom is -0.464 e. The zero-order valence-corrected chi connectivity index (χ0v) is 8.23. The van der Waals surface area contributed by atoms with Gasteiger partial charge in [0.25, 0.3) is 6.02 Å². The normalized spacial score (nSPS) is 26.5. The fourth-order valence-electron chi connectivity index (χ4n) is 1.59. The van der Waals surface area contributed by atoms with Crippen molar-refractivity contribution in [1.82, 2.24) is 0 Å². The van der Waals surface area contributed by atoms with Crippen LogP contribution in [0, 0.1) is 0 Å². The molecule has 0 saturated heterocycles. The van der Waals surface area contributed by atoms with E-state index in [1.54, 1.807) is 0 Å². The predicted molar refractivity (Wildman–Crippen MR) is 56.2 cm³/mol. The molecular formula is C11H14N2O. The molecule has 0 amide bonds. The van der Waals surface area contributed by atoms with Crippen molar-refractivity contribution in [2.45, 2.75) is 12.3 Å². The van der Waals surface area contributed by atoms with E-state index >= 15 is 0 Å². The summed E-state index contributed by atoms with van der Waals surface area (Å²) in [6, 6.07) is 10.6. The molecule has 1 heterocycles. The van der Waals surface area contributed by atoms with Gasteiger partial charge < -0.3 is 10.5 Å². The first-order valence-electron chi connectivity index (χ1n) is 4.69. The average molecular weight is 190 g/mol. The molecule has 74 valence electrons. The van der Waals surface area contributed by atoms with E-state index < -0.39 is 0 Å². The summed E-state index contributed by atoms with van der Waals surface area (Å²) in [6.07, 6.45) is 0. The van der Waals surface area contributed by atoms with Gasteiger partial charge in [-0.3, -0.25) is 0 Å². The van der Waals surface area contributed by atoms with Crippen molar-refractivity contribution < 1.29 is 4.74 Å². The van der Waals surface area contributed by atoms with Gasteiger partial charge in [-0.25, -0.2) is 4.99 Å². The van der Waals surface area contributed by atoms with E-state index in [0.717, 1.165) is 0 Å². The van der Waals surface area contributed by atoms with Crippen LogP contribution in [0.25, 0.3) is 0 Å². The Morgan fingerprint density at radius 2 is 2.07 bits per heavy atom. The van der Waals surface area contributed by atoms with Gasteiger partial charge >= 0.3 is 0 Å². The van der Waals surface area contributed by atoms with E-state index in [2.05, 4.69) is 24.0 Å². The summed E-state index contributed by atoms with van der Waals surface area (Å²) >= 11 is 0. The molecule has 0 fully saturated rings. The monoisotopic (exact) mass is 190 g/mol. The Balaban J connectivity index is 2.26. The van der Waals surface area contributed by atoms with E-state index in [1.807, 2.05) is 18.2 Å². The molecule has 1 atom stereocenters. The first-order chi connectivity index (χ1) is 6.71. The summed E-state index contributed by atoms with van der Waals surface area (Å²) in [5.41, 5.74) is 6.67. The van der Waals surface area contributed by atoms with Crippen molar-refractivity contribution in [2.24, 2.45) is 10.7 Å². The van der Waals surface area contributed by atoms with Gasteiger partial charge in [-0.1, -0.05) is 37.3 Å². The first-order valence-corrected chi connectivity index (χ1v) is 4.69. The van der Waals surface area contributed by atoms with Crippen LogP contribution < -0.4 is 5.73 Å². The SMILES string of the molecule is CC1(c2ccccc2)CN=C(N)OC1. The molecule has 0 aliphatic carbocycles. The lowest BCUT2D eigenvalue weighted by Gasteiger charge is -2.31. The molecule has 2 rings (SSSR count). The van der Waals surface area contributed by atoms with Crippen LogP contribution in [0.5, 0.6) is 0 Å². The maximum absolute atomic E-state index is 5.46. The standard InChI is InChI=1S/C11H14N2O/c1-11(7-13-10(12)14-8-11)9-5-3-2-4-6-9/h2-6H,7-8H2,1H3,(H2,12,13). The first kappa shape index (κ1) is 9.06. The molecule has 0 aromatic heterocycles. The summed E-state index contributed by atoms with van der Waals surface area (Å²) in [4.78, 5) is 4.13. The van der Waals surface area contributed by atoms with Gasteiger partial charge in [-0.05, 0) is 5.56 Å². The van der Waals surface area contributed by atoms with Crippen molar-refractivity contribution in [2.75, 3.05) is 13.2 Å². The lowest BCUT2D eigenvalue weighted by atomic mass is 9.83. The number of nitrogens with zero attached hydrogens (tertiary/aromatic N) is 1. The minimum absolute atomic E-state index is 0.0376. The van der Waals surface area contributed by atoms with E-state index in [0.29, 0.717) is 19.2 Å². The highest BCUT2D eigenvalue weighted by Gasteiger charge is 2.30. The average Bonchev–Trinajstić information content (AvgIpc) is 2.24. The van der Waals surface area contributed by atoms with E-state index in [-0.39, 0.29) is 5.41 Å². The number of nitrogens with two attached hydrogens (primary N) is 1. The van der Waals surface area contributed by atoms with E-state index in [1.165, 1.54) is 5.56 Å². The number of hydrogen-bond acceptors (Lipinski definition) is 3. The fourth-order valence-corrected chi connectivity index (χ4v) is 1.59. The van der Waals surface area contributed by atoms with Gasteiger partial charge in [0.2, 0.25) is 0 Å². The zero-order valence-electron chi connectivity index (χ0n) is 8.23. The minimum atomic E-state index is -0.0376. The quantitative estimate of drug-likeness (QED) is 0.725. The second-order valence-electron chi connectivity index (χ2n) is 3.87. The number of amidine groups is 1. The number of rotatable bonds is 1. The molecule has 3 nitrogen and oxygen atoms in total. The number of hydrogen-bond donors (Lipinski definition) is 1. The Morgan fingerprint density at radius 1 is 1.36 bits per heavy atom. The Kier molecular flexibility index (Phi) is 2.15. The molecule has 0 spiro atoms. The molecule has 0 radical (unpaired) electrons. The van der Waals surface area contributed by atoms with Crippen molar-refractivity contribution >= 4 is 6.02 Å². The molecule has 2 N–H and O–H groups in total. The highest BCUT2D eigenvalue weighted by atomic mass is 16.5. The summed E-state index contributed by atoms with van der Waals surface area (Å²) in [5.74, 6) is 0. The number of benzene rings is 1. The summed E-state index contributed by atoms with van der Waals surface area (Å²) in [6.45, 7) is 3.44. The summed E-state index contributed by atoms with van der Waals surface area (Å²) < 4.78 is 5.28. The third kappa shape index (κ3) is 1.58.